The van der Waals surface area contributed by atoms with Crippen molar-refractivity contribution >= 4 is 0 Å². The third kappa shape index (κ3) is 7.94. The fourth-order valence-corrected chi connectivity index (χ4v) is 3.79. The Bertz CT molecular complexity index is 351. The summed E-state index contributed by atoms with van der Waals surface area (Å²) in [5, 5.41) is 0. The molecule has 0 unspecified atom stereocenters. The van der Waals surface area contributed by atoms with E-state index in [1.165, 1.54) is 58.7 Å². The van der Waals surface area contributed by atoms with Crippen LogP contribution in [0.25, 0.3) is 0 Å². The van der Waals surface area contributed by atoms with Gasteiger partial charge in [-0.2, -0.15) is 0 Å². The summed E-state index contributed by atoms with van der Waals surface area (Å²) in [6, 6.07) is 0.804. The molecule has 0 spiro atoms. The third-order valence-electron chi connectivity index (χ3n) is 5.91. The number of hydrogen-bond donors (Lipinski definition) is 0. The van der Waals surface area contributed by atoms with Crippen molar-refractivity contribution < 1.29 is 0 Å². The Morgan fingerprint density at radius 2 is 1.12 bits per heavy atom. The highest BCUT2D eigenvalue weighted by molar-refractivity contribution is 4.84. The average molecular weight is 355 g/mol. The van der Waals surface area contributed by atoms with Crippen molar-refractivity contribution in [3.8, 4) is 0 Å². The van der Waals surface area contributed by atoms with Crippen LogP contribution in [0.5, 0.6) is 0 Å². The monoisotopic (exact) mass is 354 g/mol. The first-order valence-electron chi connectivity index (χ1n) is 10.3. The predicted octanol–water partition coefficient (Wildman–Crippen LogP) is 3.23. The smallest absolute Gasteiger partial charge is 0.0126 e. The molecule has 2 aliphatic rings. The van der Waals surface area contributed by atoms with Gasteiger partial charge in [0, 0.05) is 56.4 Å². The lowest BCUT2D eigenvalue weighted by Gasteiger charge is -2.42. The van der Waals surface area contributed by atoms with Crippen LogP contribution >= 0.6 is 0 Å². The number of piperazine rings is 1. The Morgan fingerprint density at radius 1 is 0.720 bits per heavy atom. The molecular weight excluding hydrogens is 308 g/mol. The van der Waals surface area contributed by atoms with Crippen LogP contribution in [-0.2, 0) is 0 Å². The number of likely N-dealkylation sites (tertiary alicyclic amines) is 1. The summed E-state index contributed by atoms with van der Waals surface area (Å²) in [5.74, 6) is 0. The summed E-state index contributed by atoms with van der Waals surface area (Å²) >= 11 is 0. The number of hydrogen-bond acceptors (Lipinski definition) is 4. The van der Waals surface area contributed by atoms with E-state index in [4.69, 9.17) is 0 Å². The minimum atomic E-state index is 0.358. The summed E-state index contributed by atoms with van der Waals surface area (Å²) in [6.45, 7) is 24.7. The van der Waals surface area contributed by atoms with E-state index in [1.807, 2.05) is 0 Å². The maximum Gasteiger partial charge on any atom is 0.0126 e. The molecule has 0 aromatic carbocycles. The van der Waals surface area contributed by atoms with Crippen molar-refractivity contribution in [1.29, 1.82) is 0 Å². The van der Waals surface area contributed by atoms with Crippen LogP contribution in [0, 0.1) is 0 Å². The molecule has 0 radical (unpaired) electrons. The third-order valence-corrected chi connectivity index (χ3v) is 5.91. The molecule has 25 heavy (non-hydrogen) atoms. The van der Waals surface area contributed by atoms with Crippen molar-refractivity contribution in [2.45, 2.75) is 78.4 Å². The van der Waals surface area contributed by atoms with E-state index < -0.39 is 0 Å². The molecule has 0 aromatic rings. The van der Waals surface area contributed by atoms with E-state index in [1.54, 1.807) is 0 Å². The molecule has 150 valence electrons. The summed E-state index contributed by atoms with van der Waals surface area (Å²) in [5.41, 5.74) is 0.719. The van der Waals surface area contributed by atoms with Crippen molar-refractivity contribution in [2.24, 2.45) is 0 Å². The molecule has 2 rings (SSSR count). The molecule has 0 saturated carbocycles. The molecule has 2 heterocycles. The first-order chi connectivity index (χ1) is 11.4. The normalized spacial score (nSPS) is 22.8. The quantitative estimate of drug-likeness (QED) is 0.755. The van der Waals surface area contributed by atoms with Gasteiger partial charge >= 0.3 is 0 Å². The molecule has 4 nitrogen and oxygen atoms in total. The number of likely N-dealkylation sites (N-methyl/N-ethyl adjacent to an activating group) is 1. The van der Waals surface area contributed by atoms with Crippen molar-refractivity contribution in [3.05, 3.63) is 0 Å². The highest BCUT2D eigenvalue weighted by Gasteiger charge is 2.27. The summed E-state index contributed by atoms with van der Waals surface area (Å²) in [4.78, 5) is 10.0. The van der Waals surface area contributed by atoms with E-state index in [0.29, 0.717) is 11.1 Å². The summed E-state index contributed by atoms with van der Waals surface area (Å²) < 4.78 is 0. The van der Waals surface area contributed by atoms with Gasteiger partial charge in [0.1, 0.15) is 0 Å². The minimum absolute atomic E-state index is 0.358. The molecule has 2 aliphatic heterocycles. The van der Waals surface area contributed by atoms with Gasteiger partial charge < -0.3 is 9.80 Å². The van der Waals surface area contributed by atoms with Crippen molar-refractivity contribution in [2.75, 3.05) is 59.9 Å². The molecule has 2 saturated heterocycles. The number of rotatable bonds is 2. The lowest BCUT2D eigenvalue weighted by Crippen LogP contribution is -2.53. The minimum Gasteiger partial charge on any atom is -0.306 e. The Morgan fingerprint density at radius 3 is 1.44 bits per heavy atom. The molecule has 2 fully saturated rings. The number of nitrogens with zero attached hydrogens (tertiary/aromatic N) is 4. The fraction of sp³-hybridized carbons (Fsp3) is 1.00. The SMILES string of the molecule is CCN1CCN(C(C)(C)C)CC1.CN(C)C1CCN(C(C)(C)C)CC1. The molecule has 0 N–H and O–H groups in total. The van der Waals surface area contributed by atoms with Crippen LogP contribution in [0.1, 0.15) is 61.3 Å². The van der Waals surface area contributed by atoms with E-state index in [2.05, 4.69) is 82.2 Å². The topological polar surface area (TPSA) is 13.0 Å². The van der Waals surface area contributed by atoms with E-state index in [0.717, 1.165) is 6.04 Å². The standard InChI is InChI=1S/C11H24N2.C10H22N2/c1-11(2,3)13-8-6-10(7-9-13)12(4)5;1-5-11-6-8-12(9-7-11)10(2,3)4/h10H,6-9H2,1-5H3;5-9H2,1-4H3. The van der Waals surface area contributed by atoms with Crippen LogP contribution in [0.3, 0.4) is 0 Å². The zero-order valence-corrected chi connectivity index (χ0v) is 18.7. The van der Waals surface area contributed by atoms with Crippen LogP contribution in [-0.4, -0.2) is 96.6 Å². The van der Waals surface area contributed by atoms with Crippen LogP contribution in [0.2, 0.25) is 0 Å². The second kappa shape index (κ2) is 9.68. The van der Waals surface area contributed by atoms with E-state index in [-0.39, 0.29) is 0 Å². The summed E-state index contributed by atoms with van der Waals surface area (Å²) in [6.07, 6.45) is 2.65. The van der Waals surface area contributed by atoms with Gasteiger partial charge in [-0.3, -0.25) is 9.80 Å². The van der Waals surface area contributed by atoms with Crippen LogP contribution in [0.4, 0.5) is 0 Å². The van der Waals surface area contributed by atoms with Gasteiger partial charge in [-0.25, -0.2) is 0 Å². The van der Waals surface area contributed by atoms with Gasteiger partial charge in [0.05, 0.1) is 0 Å². The highest BCUT2D eigenvalue weighted by Crippen LogP contribution is 2.21. The van der Waals surface area contributed by atoms with Crippen molar-refractivity contribution in [1.82, 2.24) is 19.6 Å². The Balaban J connectivity index is 0.000000251. The zero-order chi connectivity index (χ0) is 19.3. The van der Waals surface area contributed by atoms with Gasteiger partial charge in [0.2, 0.25) is 0 Å². The van der Waals surface area contributed by atoms with Gasteiger partial charge in [0.15, 0.2) is 0 Å². The Kier molecular flexibility index (Phi) is 8.86. The van der Waals surface area contributed by atoms with Gasteiger partial charge in [-0.05, 0) is 75.0 Å². The van der Waals surface area contributed by atoms with Gasteiger partial charge in [0.25, 0.3) is 0 Å². The first-order valence-corrected chi connectivity index (χ1v) is 10.3. The molecule has 4 heteroatoms. The highest BCUT2D eigenvalue weighted by atomic mass is 15.3. The Hall–Kier alpha value is -0.160. The second-order valence-corrected chi connectivity index (χ2v) is 9.94. The average Bonchev–Trinajstić information content (AvgIpc) is 2.54. The lowest BCUT2D eigenvalue weighted by atomic mass is 9.98. The molecule has 0 aromatic heterocycles. The van der Waals surface area contributed by atoms with Gasteiger partial charge in [-0.1, -0.05) is 6.92 Å². The largest absolute Gasteiger partial charge is 0.306 e. The Labute approximate surface area is 158 Å². The molecule has 0 amide bonds. The van der Waals surface area contributed by atoms with Crippen molar-refractivity contribution in [3.63, 3.8) is 0 Å². The number of piperidine rings is 1. The van der Waals surface area contributed by atoms with Crippen LogP contribution in [0.15, 0.2) is 0 Å². The van der Waals surface area contributed by atoms with Crippen LogP contribution < -0.4 is 0 Å². The second-order valence-electron chi connectivity index (χ2n) is 9.94. The fourth-order valence-electron chi connectivity index (χ4n) is 3.79. The zero-order valence-electron chi connectivity index (χ0n) is 18.7. The lowest BCUT2D eigenvalue weighted by molar-refractivity contribution is 0.0648. The maximum atomic E-state index is 2.59. The summed E-state index contributed by atoms with van der Waals surface area (Å²) in [7, 11) is 4.38. The molecule has 0 atom stereocenters. The maximum absolute atomic E-state index is 2.59. The van der Waals surface area contributed by atoms with E-state index in [9.17, 15) is 0 Å². The van der Waals surface area contributed by atoms with Gasteiger partial charge in [-0.15, -0.1) is 0 Å². The first kappa shape index (κ1) is 22.9. The molecule has 0 bridgehead atoms. The molecular formula is C21H46N4. The van der Waals surface area contributed by atoms with E-state index >= 15 is 0 Å². The molecule has 0 aliphatic carbocycles. The predicted molar refractivity (Wildman–Crippen MR) is 111 cm³/mol.